The summed E-state index contributed by atoms with van der Waals surface area (Å²) < 4.78 is 1.54. The Labute approximate surface area is 74.1 Å². The van der Waals surface area contributed by atoms with Gasteiger partial charge in [0.2, 0.25) is 0 Å². The summed E-state index contributed by atoms with van der Waals surface area (Å²) in [5.74, 6) is 1.26. The van der Waals surface area contributed by atoms with Crippen molar-refractivity contribution in [2.24, 2.45) is 0 Å². The maximum atomic E-state index is 10.9. The second kappa shape index (κ2) is 2.85. The van der Waals surface area contributed by atoms with Gasteiger partial charge in [-0.25, -0.2) is 19.6 Å². The fourth-order valence-electron chi connectivity index (χ4n) is 1.11. The van der Waals surface area contributed by atoms with Crippen LogP contribution in [0.3, 0.4) is 0 Å². The molecule has 0 saturated carbocycles. The maximum Gasteiger partial charge on any atom is 0.361 e. The molecule has 0 atom stereocenters. The Bertz CT molecular complexity index is 456. The van der Waals surface area contributed by atoms with E-state index in [1.54, 1.807) is 23.9 Å². The minimum absolute atomic E-state index is 0.358. The Morgan fingerprint density at radius 1 is 1.46 bits per heavy atom. The number of hydrogen-bond donors (Lipinski definition) is 1. The average Bonchev–Trinajstić information content (AvgIpc) is 2.47. The molecule has 5 nitrogen and oxygen atoms in total. The van der Waals surface area contributed by atoms with E-state index < -0.39 is 0 Å². The number of nitrogens with one attached hydrogen (secondary N) is 1. The van der Waals surface area contributed by atoms with Gasteiger partial charge in [0.05, 0.1) is 0 Å². The fraction of sp³-hybridized carbons (Fsp3) is 0.125. The van der Waals surface area contributed by atoms with Crippen LogP contribution in [0.25, 0.3) is 5.82 Å². The van der Waals surface area contributed by atoms with E-state index in [4.69, 9.17) is 0 Å². The lowest BCUT2D eigenvalue weighted by Gasteiger charge is -2.00. The SMILES string of the molecule is Cc1nc(=O)[nH]n1-c1ccccn1. The quantitative estimate of drug-likeness (QED) is 0.678. The van der Waals surface area contributed by atoms with Crippen LogP contribution < -0.4 is 5.69 Å². The van der Waals surface area contributed by atoms with Crippen LogP contribution in [0, 0.1) is 6.92 Å². The fourth-order valence-corrected chi connectivity index (χ4v) is 1.11. The molecule has 66 valence electrons. The molecule has 5 heteroatoms. The van der Waals surface area contributed by atoms with Gasteiger partial charge in [0, 0.05) is 6.20 Å². The molecule has 2 rings (SSSR count). The monoisotopic (exact) mass is 176 g/mol. The van der Waals surface area contributed by atoms with Crippen molar-refractivity contribution in [3.05, 3.63) is 40.7 Å². The van der Waals surface area contributed by atoms with E-state index in [-0.39, 0.29) is 5.69 Å². The number of nitrogens with zero attached hydrogens (tertiary/aromatic N) is 3. The van der Waals surface area contributed by atoms with Gasteiger partial charge >= 0.3 is 5.69 Å². The summed E-state index contributed by atoms with van der Waals surface area (Å²) in [5.41, 5.74) is -0.358. The Morgan fingerprint density at radius 3 is 2.85 bits per heavy atom. The molecule has 0 aliphatic carbocycles. The van der Waals surface area contributed by atoms with E-state index in [0.717, 1.165) is 0 Å². The molecular formula is C8H8N4O. The van der Waals surface area contributed by atoms with E-state index in [9.17, 15) is 4.79 Å². The van der Waals surface area contributed by atoms with Gasteiger partial charge in [0.15, 0.2) is 5.82 Å². The number of pyridine rings is 1. The standard InChI is InChI=1S/C8H8N4O/c1-6-10-8(13)11-12(6)7-4-2-3-5-9-7/h2-5H,1H3,(H,11,13). The van der Waals surface area contributed by atoms with Crippen molar-refractivity contribution in [1.82, 2.24) is 19.7 Å². The molecule has 1 N–H and O–H groups in total. The van der Waals surface area contributed by atoms with Crippen LogP contribution in [-0.2, 0) is 0 Å². The summed E-state index contributed by atoms with van der Waals surface area (Å²) in [4.78, 5) is 18.6. The first-order valence-corrected chi connectivity index (χ1v) is 3.84. The van der Waals surface area contributed by atoms with Gasteiger partial charge in [-0.05, 0) is 19.1 Å². The molecule has 0 radical (unpaired) electrons. The molecule has 0 saturated heterocycles. The molecule has 2 heterocycles. The predicted molar refractivity (Wildman–Crippen MR) is 46.7 cm³/mol. The zero-order valence-corrected chi connectivity index (χ0v) is 7.06. The lowest BCUT2D eigenvalue weighted by Crippen LogP contribution is -2.06. The lowest BCUT2D eigenvalue weighted by atomic mass is 10.4. The van der Waals surface area contributed by atoms with E-state index >= 15 is 0 Å². The number of rotatable bonds is 1. The summed E-state index contributed by atoms with van der Waals surface area (Å²) in [7, 11) is 0. The summed E-state index contributed by atoms with van der Waals surface area (Å²) in [6, 6.07) is 5.46. The van der Waals surface area contributed by atoms with Gasteiger partial charge in [-0.2, -0.15) is 4.98 Å². The van der Waals surface area contributed by atoms with E-state index in [2.05, 4.69) is 15.1 Å². The maximum absolute atomic E-state index is 10.9. The lowest BCUT2D eigenvalue weighted by molar-refractivity contribution is 0.804. The van der Waals surface area contributed by atoms with Crippen LogP contribution in [0.4, 0.5) is 0 Å². The zero-order valence-electron chi connectivity index (χ0n) is 7.06. The van der Waals surface area contributed by atoms with Crippen LogP contribution in [0.5, 0.6) is 0 Å². The van der Waals surface area contributed by atoms with Crippen molar-refractivity contribution >= 4 is 0 Å². The first-order chi connectivity index (χ1) is 6.27. The smallest absolute Gasteiger partial charge is 0.244 e. The third kappa shape index (κ3) is 1.35. The molecule has 13 heavy (non-hydrogen) atoms. The second-order valence-electron chi connectivity index (χ2n) is 2.60. The van der Waals surface area contributed by atoms with Crippen LogP contribution in [0.15, 0.2) is 29.2 Å². The Morgan fingerprint density at radius 2 is 2.31 bits per heavy atom. The van der Waals surface area contributed by atoms with Gasteiger partial charge in [0.1, 0.15) is 5.82 Å². The van der Waals surface area contributed by atoms with Crippen molar-refractivity contribution in [3.8, 4) is 5.82 Å². The average molecular weight is 176 g/mol. The van der Waals surface area contributed by atoms with Crippen molar-refractivity contribution in [2.75, 3.05) is 0 Å². The van der Waals surface area contributed by atoms with Gasteiger partial charge in [-0.3, -0.25) is 0 Å². The minimum Gasteiger partial charge on any atom is -0.244 e. The molecule has 0 aliphatic heterocycles. The molecule has 0 aromatic carbocycles. The van der Waals surface area contributed by atoms with Crippen LogP contribution >= 0.6 is 0 Å². The Balaban J connectivity index is 2.59. The molecule has 0 fully saturated rings. The largest absolute Gasteiger partial charge is 0.361 e. The Kier molecular flexibility index (Phi) is 1.70. The Hall–Kier alpha value is -1.91. The van der Waals surface area contributed by atoms with Crippen LogP contribution in [-0.4, -0.2) is 19.7 Å². The molecule has 0 aliphatic rings. The number of H-pyrrole nitrogens is 1. The topological polar surface area (TPSA) is 63.6 Å². The number of hydrogen-bond acceptors (Lipinski definition) is 3. The highest BCUT2D eigenvalue weighted by Gasteiger charge is 2.02. The molecular weight excluding hydrogens is 168 g/mol. The summed E-state index contributed by atoms with van der Waals surface area (Å²) in [6.07, 6.45) is 1.66. The third-order valence-electron chi connectivity index (χ3n) is 1.67. The summed E-state index contributed by atoms with van der Waals surface area (Å²) in [5, 5.41) is 2.55. The molecule has 0 unspecified atom stereocenters. The highest BCUT2D eigenvalue weighted by molar-refractivity contribution is 5.20. The highest BCUT2D eigenvalue weighted by atomic mass is 16.1. The van der Waals surface area contributed by atoms with Crippen LogP contribution in [0.1, 0.15) is 5.82 Å². The molecule has 2 aromatic rings. The first kappa shape index (κ1) is 7.72. The van der Waals surface area contributed by atoms with Crippen molar-refractivity contribution in [1.29, 1.82) is 0 Å². The third-order valence-corrected chi connectivity index (χ3v) is 1.67. The van der Waals surface area contributed by atoms with Gasteiger partial charge in [-0.1, -0.05) is 6.07 Å². The van der Waals surface area contributed by atoms with Crippen molar-refractivity contribution < 1.29 is 0 Å². The summed E-state index contributed by atoms with van der Waals surface area (Å²) in [6.45, 7) is 1.74. The number of aryl methyl sites for hydroxylation is 1. The molecule has 0 spiro atoms. The molecule has 0 amide bonds. The van der Waals surface area contributed by atoms with E-state index in [1.165, 1.54) is 0 Å². The van der Waals surface area contributed by atoms with Gasteiger partial charge in [-0.15, -0.1) is 0 Å². The van der Waals surface area contributed by atoms with E-state index in [1.807, 2.05) is 12.1 Å². The molecule has 0 bridgehead atoms. The minimum atomic E-state index is -0.358. The molecule has 2 aromatic heterocycles. The number of aromatic nitrogens is 4. The van der Waals surface area contributed by atoms with Crippen molar-refractivity contribution in [3.63, 3.8) is 0 Å². The van der Waals surface area contributed by atoms with Crippen LogP contribution in [0.2, 0.25) is 0 Å². The van der Waals surface area contributed by atoms with E-state index in [0.29, 0.717) is 11.6 Å². The zero-order chi connectivity index (χ0) is 9.26. The first-order valence-electron chi connectivity index (χ1n) is 3.84. The van der Waals surface area contributed by atoms with Gasteiger partial charge in [0.25, 0.3) is 0 Å². The second-order valence-corrected chi connectivity index (χ2v) is 2.60. The van der Waals surface area contributed by atoms with Crippen molar-refractivity contribution in [2.45, 2.75) is 6.92 Å². The normalized spacial score (nSPS) is 10.2. The highest BCUT2D eigenvalue weighted by Crippen LogP contribution is 2.00. The number of aromatic amines is 1. The predicted octanol–water partition coefficient (Wildman–Crippen LogP) is 0.264. The summed E-state index contributed by atoms with van der Waals surface area (Å²) >= 11 is 0. The van der Waals surface area contributed by atoms with Gasteiger partial charge < -0.3 is 0 Å².